The van der Waals surface area contributed by atoms with Gasteiger partial charge in [-0.15, -0.1) is 0 Å². The van der Waals surface area contributed by atoms with Crippen LogP contribution in [0.15, 0.2) is 150 Å². The average Bonchev–Trinajstić information content (AvgIpc) is 3.53. The van der Waals surface area contributed by atoms with Crippen LogP contribution in [0, 0.1) is 0 Å². The summed E-state index contributed by atoms with van der Waals surface area (Å²) in [6.45, 7) is 0. The van der Waals surface area contributed by atoms with Gasteiger partial charge in [0.1, 0.15) is 5.58 Å². The van der Waals surface area contributed by atoms with E-state index in [0.717, 1.165) is 72.0 Å². The normalized spacial score (nSPS) is 11.4. The van der Waals surface area contributed by atoms with Gasteiger partial charge in [-0.25, -0.2) is 19.9 Å². The van der Waals surface area contributed by atoms with Gasteiger partial charge in [0, 0.05) is 56.9 Å². The molecule has 47 heavy (non-hydrogen) atoms. The Balaban J connectivity index is 1.19. The molecule has 7 nitrogen and oxygen atoms in total. The second-order valence-corrected chi connectivity index (χ2v) is 11.2. The molecule has 9 rings (SSSR count). The molecule has 7 heteroatoms. The molecule has 0 saturated carbocycles. The molecule has 4 aromatic carbocycles. The Hall–Kier alpha value is -6.60. The van der Waals surface area contributed by atoms with Gasteiger partial charge < -0.3 is 4.42 Å². The summed E-state index contributed by atoms with van der Waals surface area (Å²) in [6.07, 6.45) is 5.35. The molecule has 0 bridgehead atoms. The highest BCUT2D eigenvalue weighted by molar-refractivity contribution is 6.05. The highest BCUT2D eigenvalue weighted by atomic mass is 16.3. The van der Waals surface area contributed by atoms with Crippen LogP contribution < -0.4 is 0 Å². The molecule has 5 aromatic heterocycles. The van der Waals surface area contributed by atoms with E-state index in [-0.39, 0.29) is 0 Å². The molecule has 0 N–H and O–H groups in total. The molecular formula is C40H24N6O. The first-order chi connectivity index (χ1) is 23.3. The van der Waals surface area contributed by atoms with E-state index in [1.165, 1.54) is 0 Å². The van der Waals surface area contributed by atoms with Crippen molar-refractivity contribution >= 4 is 32.7 Å². The molecule has 0 unspecified atom stereocenters. The zero-order valence-electron chi connectivity index (χ0n) is 24.9. The third-order valence-electron chi connectivity index (χ3n) is 8.26. The van der Waals surface area contributed by atoms with Crippen LogP contribution >= 0.6 is 0 Å². The first-order valence-corrected chi connectivity index (χ1v) is 15.3. The largest absolute Gasteiger partial charge is 0.454 e. The molecule has 220 valence electrons. The van der Waals surface area contributed by atoms with Gasteiger partial charge in [-0.2, -0.15) is 0 Å². The van der Waals surface area contributed by atoms with Gasteiger partial charge in [0.05, 0.1) is 23.3 Å². The van der Waals surface area contributed by atoms with Crippen LogP contribution in [0.5, 0.6) is 0 Å². The zero-order chi connectivity index (χ0) is 31.2. The number of hydrogen-bond donors (Lipinski definition) is 0. The Morgan fingerprint density at radius 3 is 1.85 bits per heavy atom. The van der Waals surface area contributed by atoms with Crippen molar-refractivity contribution in [3.8, 4) is 56.8 Å². The van der Waals surface area contributed by atoms with E-state index in [9.17, 15) is 0 Å². The van der Waals surface area contributed by atoms with Gasteiger partial charge in [-0.3, -0.25) is 9.97 Å². The second kappa shape index (κ2) is 11.1. The topological polar surface area (TPSA) is 90.5 Å². The van der Waals surface area contributed by atoms with Crippen molar-refractivity contribution < 1.29 is 4.42 Å². The maximum Gasteiger partial charge on any atom is 0.164 e. The monoisotopic (exact) mass is 604 g/mol. The lowest BCUT2D eigenvalue weighted by Crippen LogP contribution is -2.00. The van der Waals surface area contributed by atoms with Crippen molar-refractivity contribution in [2.75, 3.05) is 0 Å². The summed E-state index contributed by atoms with van der Waals surface area (Å²) in [7, 11) is 0. The fourth-order valence-corrected chi connectivity index (χ4v) is 5.95. The Bertz CT molecular complexity index is 2520. The van der Waals surface area contributed by atoms with Crippen LogP contribution in [0.25, 0.3) is 89.5 Å². The van der Waals surface area contributed by atoms with Gasteiger partial charge in [0.2, 0.25) is 0 Å². The van der Waals surface area contributed by atoms with E-state index in [4.69, 9.17) is 29.3 Å². The fourth-order valence-electron chi connectivity index (χ4n) is 5.95. The summed E-state index contributed by atoms with van der Waals surface area (Å²) < 4.78 is 6.14. The van der Waals surface area contributed by atoms with Crippen molar-refractivity contribution in [3.63, 3.8) is 0 Å². The van der Waals surface area contributed by atoms with Crippen LogP contribution in [0.2, 0.25) is 0 Å². The molecule has 0 amide bonds. The zero-order valence-corrected chi connectivity index (χ0v) is 24.9. The number of pyridine rings is 3. The van der Waals surface area contributed by atoms with Crippen LogP contribution in [0.4, 0.5) is 0 Å². The lowest BCUT2D eigenvalue weighted by atomic mass is 10.0. The summed E-state index contributed by atoms with van der Waals surface area (Å²) in [6, 6.07) is 42.4. The van der Waals surface area contributed by atoms with E-state index >= 15 is 0 Å². The molecule has 0 fully saturated rings. The van der Waals surface area contributed by atoms with E-state index < -0.39 is 0 Å². The summed E-state index contributed by atoms with van der Waals surface area (Å²) in [4.78, 5) is 29.0. The van der Waals surface area contributed by atoms with Crippen LogP contribution in [-0.4, -0.2) is 29.9 Å². The van der Waals surface area contributed by atoms with Gasteiger partial charge >= 0.3 is 0 Å². The lowest BCUT2D eigenvalue weighted by Gasteiger charge is -2.11. The van der Waals surface area contributed by atoms with E-state index in [1.54, 1.807) is 12.4 Å². The number of aromatic nitrogens is 6. The number of fused-ring (bicyclic) bond motifs is 4. The summed E-state index contributed by atoms with van der Waals surface area (Å²) in [5.74, 6) is 1.83. The van der Waals surface area contributed by atoms with E-state index in [0.29, 0.717) is 17.5 Å². The van der Waals surface area contributed by atoms with Crippen molar-refractivity contribution in [2.45, 2.75) is 0 Å². The SMILES string of the molecule is c1ccc(-c2nc(-c3ccccc3)nc(-c3cccc(-c4cc5ccccc5c(-c5cc6oc7cnccc7c6cn5)n4)c3)n2)cc1. The third-order valence-corrected chi connectivity index (χ3v) is 8.26. The molecule has 0 radical (unpaired) electrons. The molecule has 0 aliphatic carbocycles. The van der Waals surface area contributed by atoms with E-state index in [1.807, 2.05) is 103 Å². The predicted octanol–water partition coefficient (Wildman–Crippen LogP) is 9.44. The molecular weight excluding hydrogens is 580 g/mol. The number of rotatable bonds is 5. The molecule has 5 heterocycles. The quantitative estimate of drug-likeness (QED) is 0.193. The van der Waals surface area contributed by atoms with Crippen molar-refractivity contribution in [3.05, 3.63) is 146 Å². The lowest BCUT2D eigenvalue weighted by molar-refractivity contribution is 0.666. The maximum absolute atomic E-state index is 6.14. The molecule has 0 saturated heterocycles. The fraction of sp³-hybridized carbons (Fsp3) is 0. The Morgan fingerprint density at radius 2 is 1.09 bits per heavy atom. The summed E-state index contributed by atoms with van der Waals surface area (Å²) in [5.41, 5.74) is 7.46. The third kappa shape index (κ3) is 4.87. The van der Waals surface area contributed by atoms with Crippen molar-refractivity contribution in [2.24, 2.45) is 0 Å². The first-order valence-electron chi connectivity index (χ1n) is 15.3. The molecule has 0 aliphatic rings. The molecule has 0 aliphatic heterocycles. The van der Waals surface area contributed by atoms with Gasteiger partial charge in [-0.1, -0.05) is 103 Å². The number of benzene rings is 4. The van der Waals surface area contributed by atoms with Crippen LogP contribution in [0.3, 0.4) is 0 Å². The Labute approximate surface area is 269 Å². The predicted molar refractivity (Wildman–Crippen MR) is 185 cm³/mol. The highest BCUT2D eigenvalue weighted by Crippen LogP contribution is 2.35. The number of furan rings is 1. The summed E-state index contributed by atoms with van der Waals surface area (Å²) >= 11 is 0. The van der Waals surface area contributed by atoms with Crippen LogP contribution in [0.1, 0.15) is 0 Å². The first kappa shape index (κ1) is 26.8. The number of nitrogens with zero attached hydrogens (tertiary/aromatic N) is 6. The maximum atomic E-state index is 6.14. The minimum Gasteiger partial charge on any atom is -0.454 e. The van der Waals surface area contributed by atoms with E-state index in [2.05, 4.69) is 35.3 Å². The Kier molecular flexibility index (Phi) is 6.31. The van der Waals surface area contributed by atoms with Gasteiger partial charge in [-0.05, 0) is 23.6 Å². The number of hydrogen-bond acceptors (Lipinski definition) is 7. The molecule has 9 aromatic rings. The van der Waals surface area contributed by atoms with Gasteiger partial charge in [0.25, 0.3) is 0 Å². The Morgan fingerprint density at radius 1 is 0.426 bits per heavy atom. The molecule has 0 spiro atoms. The smallest absolute Gasteiger partial charge is 0.164 e. The second-order valence-electron chi connectivity index (χ2n) is 11.2. The standard InChI is InChI=1S/C40H24N6O/c1-3-10-25(11-4-1)38-44-39(26-12-5-2-6-13-26)46-40(45-38)29-16-9-15-28(20-29)33-21-27-14-7-8-17-30(27)37(43-33)34-22-35-32(23-42-34)31-18-19-41-24-36(31)47-35/h1-24H. The average molecular weight is 605 g/mol. The minimum atomic E-state index is 0.590. The molecule has 0 atom stereocenters. The van der Waals surface area contributed by atoms with Crippen molar-refractivity contribution in [1.29, 1.82) is 0 Å². The summed E-state index contributed by atoms with van der Waals surface area (Å²) in [5, 5.41) is 4.00. The minimum absolute atomic E-state index is 0.590. The van der Waals surface area contributed by atoms with Gasteiger partial charge in [0.15, 0.2) is 23.1 Å². The van der Waals surface area contributed by atoms with Crippen LogP contribution in [-0.2, 0) is 0 Å². The highest BCUT2D eigenvalue weighted by Gasteiger charge is 2.16. The van der Waals surface area contributed by atoms with Crippen molar-refractivity contribution in [1.82, 2.24) is 29.9 Å².